The smallest absolute Gasteiger partial charge is 0.0410 e. The Morgan fingerprint density at radius 1 is 1.35 bits per heavy atom. The molecule has 0 saturated heterocycles. The fourth-order valence-electron chi connectivity index (χ4n) is 2.21. The molecule has 0 aliphatic carbocycles. The largest absolute Gasteiger partial charge is 0.310 e. The van der Waals surface area contributed by atoms with Gasteiger partial charge in [0.15, 0.2) is 0 Å². The summed E-state index contributed by atoms with van der Waals surface area (Å²) in [5.41, 5.74) is 1.33. The number of halogens is 2. The lowest BCUT2D eigenvalue weighted by Gasteiger charge is -2.26. The normalized spacial score (nSPS) is 14.6. The minimum absolute atomic E-state index is 0.408. The van der Waals surface area contributed by atoms with Crippen LogP contribution in [0.1, 0.15) is 45.2 Å². The zero-order valence-corrected chi connectivity index (χ0v) is 13.7. The van der Waals surface area contributed by atoms with Crippen molar-refractivity contribution in [2.75, 3.05) is 6.54 Å². The van der Waals surface area contributed by atoms with E-state index in [0.29, 0.717) is 12.0 Å². The summed E-state index contributed by atoms with van der Waals surface area (Å²) in [6.07, 6.45) is 2.46. The van der Waals surface area contributed by atoms with Gasteiger partial charge in [0, 0.05) is 14.6 Å². The summed E-state index contributed by atoms with van der Waals surface area (Å²) in [5, 5.41) is 4.41. The maximum atomic E-state index is 6.11. The van der Waals surface area contributed by atoms with Gasteiger partial charge in [0.1, 0.15) is 0 Å². The van der Waals surface area contributed by atoms with Gasteiger partial charge in [-0.1, -0.05) is 38.8 Å². The minimum atomic E-state index is 0.408. The van der Waals surface area contributed by atoms with Crippen LogP contribution in [-0.4, -0.2) is 6.54 Å². The first kappa shape index (κ1) is 15.3. The fraction of sp³-hybridized carbons (Fsp3) is 0.571. The first-order chi connectivity index (χ1) is 8.10. The van der Waals surface area contributed by atoms with Crippen LogP contribution in [0.5, 0.6) is 0 Å². The topological polar surface area (TPSA) is 12.0 Å². The molecule has 2 unspecified atom stereocenters. The van der Waals surface area contributed by atoms with Crippen LogP contribution >= 0.6 is 34.2 Å². The van der Waals surface area contributed by atoms with Gasteiger partial charge >= 0.3 is 0 Å². The van der Waals surface area contributed by atoms with Gasteiger partial charge in [-0.05, 0) is 65.2 Å². The maximum Gasteiger partial charge on any atom is 0.0410 e. The van der Waals surface area contributed by atoms with Crippen molar-refractivity contribution in [3.63, 3.8) is 0 Å². The molecule has 0 fully saturated rings. The predicted molar refractivity (Wildman–Crippen MR) is 84.7 cm³/mol. The molecule has 0 spiro atoms. The first-order valence-electron chi connectivity index (χ1n) is 6.28. The molecular formula is C14H21ClIN. The Bertz CT molecular complexity index is 354. The molecule has 0 amide bonds. The summed E-state index contributed by atoms with van der Waals surface area (Å²) in [4.78, 5) is 0. The Morgan fingerprint density at radius 3 is 2.65 bits per heavy atom. The van der Waals surface area contributed by atoms with Crippen molar-refractivity contribution in [2.24, 2.45) is 5.92 Å². The lowest BCUT2D eigenvalue weighted by molar-refractivity contribution is 0.368. The summed E-state index contributed by atoms with van der Waals surface area (Å²) in [6.45, 7) is 7.70. The Hall–Kier alpha value is 0.200. The molecule has 0 radical (unpaired) electrons. The number of hydrogen-bond acceptors (Lipinski definition) is 1. The average Bonchev–Trinajstić information content (AvgIpc) is 2.30. The van der Waals surface area contributed by atoms with E-state index in [-0.39, 0.29) is 0 Å². The second kappa shape index (κ2) is 7.59. The third kappa shape index (κ3) is 4.42. The minimum Gasteiger partial charge on any atom is -0.310 e. The summed E-state index contributed by atoms with van der Waals surface area (Å²) >= 11 is 8.51. The van der Waals surface area contributed by atoms with Crippen LogP contribution in [0.25, 0.3) is 0 Å². The lowest BCUT2D eigenvalue weighted by atomic mass is 9.91. The number of rotatable bonds is 6. The van der Waals surface area contributed by atoms with Crippen molar-refractivity contribution in [3.05, 3.63) is 32.4 Å². The molecule has 1 aromatic rings. The zero-order chi connectivity index (χ0) is 12.8. The van der Waals surface area contributed by atoms with Gasteiger partial charge in [-0.2, -0.15) is 0 Å². The molecule has 1 nitrogen and oxygen atoms in total. The van der Waals surface area contributed by atoms with Crippen LogP contribution in [0.2, 0.25) is 5.02 Å². The maximum absolute atomic E-state index is 6.11. The predicted octanol–water partition coefficient (Wildman–Crippen LogP) is 5.03. The van der Waals surface area contributed by atoms with Crippen LogP contribution in [0.3, 0.4) is 0 Å². The van der Waals surface area contributed by atoms with Gasteiger partial charge in [0.05, 0.1) is 0 Å². The standard InChI is InChI=1S/C14H21ClIN/c1-4-6-10(3)14(17-5-2)12-9-11(15)7-8-13(12)16/h7-10,14,17H,4-6H2,1-3H3. The van der Waals surface area contributed by atoms with Crippen molar-refractivity contribution in [1.29, 1.82) is 0 Å². The van der Waals surface area contributed by atoms with E-state index in [9.17, 15) is 0 Å². The highest BCUT2D eigenvalue weighted by Gasteiger charge is 2.20. The van der Waals surface area contributed by atoms with Crippen LogP contribution in [0, 0.1) is 9.49 Å². The monoisotopic (exact) mass is 365 g/mol. The van der Waals surface area contributed by atoms with Gasteiger partial charge in [-0.15, -0.1) is 0 Å². The van der Waals surface area contributed by atoms with E-state index in [1.807, 2.05) is 6.07 Å². The molecular weight excluding hydrogens is 345 g/mol. The molecule has 1 aromatic carbocycles. The van der Waals surface area contributed by atoms with Crippen LogP contribution in [0.4, 0.5) is 0 Å². The van der Waals surface area contributed by atoms with E-state index in [4.69, 9.17) is 11.6 Å². The van der Waals surface area contributed by atoms with Gasteiger partial charge in [0.25, 0.3) is 0 Å². The lowest BCUT2D eigenvalue weighted by Crippen LogP contribution is -2.27. The Balaban J connectivity index is 2.99. The Morgan fingerprint density at radius 2 is 2.06 bits per heavy atom. The SMILES string of the molecule is CCCC(C)C(NCC)c1cc(Cl)ccc1I. The number of nitrogens with one attached hydrogen (secondary N) is 1. The molecule has 0 aliphatic rings. The van der Waals surface area contributed by atoms with E-state index >= 15 is 0 Å². The summed E-state index contributed by atoms with van der Waals surface area (Å²) in [5.74, 6) is 0.631. The van der Waals surface area contributed by atoms with Crippen LogP contribution in [-0.2, 0) is 0 Å². The molecule has 2 atom stereocenters. The van der Waals surface area contributed by atoms with Gasteiger partial charge in [-0.25, -0.2) is 0 Å². The molecule has 0 bridgehead atoms. The van der Waals surface area contributed by atoms with Crippen molar-refractivity contribution >= 4 is 34.2 Å². The van der Waals surface area contributed by atoms with Crippen LogP contribution in [0.15, 0.2) is 18.2 Å². The van der Waals surface area contributed by atoms with Gasteiger partial charge < -0.3 is 5.32 Å². The van der Waals surface area contributed by atoms with Crippen LogP contribution < -0.4 is 5.32 Å². The molecule has 17 heavy (non-hydrogen) atoms. The molecule has 0 aromatic heterocycles. The Labute approximate surface area is 123 Å². The highest BCUT2D eigenvalue weighted by Crippen LogP contribution is 2.30. The molecule has 1 N–H and O–H groups in total. The molecule has 0 heterocycles. The molecule has 1 rings (SSSR count). The Kier molecular flexibility index (Phi) is 6.82. The second-order valence-corrected chi connectivity index (χ2v) is 6.07. The summed E-state index contributed by atoms with van der Waals surface area (Å²) in [6, 6.07) is 6.57. The third-order valence-electron chi connectivity index (χ3n) is 3.03. The average molecular weight is 366 g/mol. The van der Waals surface area contributed by atoms with Crippen molar-refractivity contribution in [2.45, 2.75) is 39.7 Å². The van der Waals surface area contributed by atoms with E-state index < -0.39 is 0 Å². The summed E-state index contributed by atoms with van der Waals surface area (Å²) in [7, 11) is 0. The number of benzene rings is 1. The molecule has 3 heteroatoms. The highest BCUT2D eigenvalue weighted by atomic mass is 127. The van der Waals surface area contributed by atoms with Crippen molar-refractivity contribution in [3.8, 4) is 0 Å². The van der Waals surface area contributed by atoms with Crippen molar-refractivity contribution < 1.29 is 0 Å². The van der Waals surface area contributed by atoms with E-state index in [2.05, 4.69) is 60.8 Å². The molecule has 0 saturated carbocycles. The quantitative estimate of drug-likeness (QED) is 0.697. The second-order valence-electron chi connectivity index (χ2n) is 4.47. The van der Waals surface area contributed by atoms with E-state index in [1.165, 1.54) is 22.0 Å². The first-order valence-corrected chi connectivity index (χ1v) is 7.74. The van der Waals surface area contributed by atoms with Crippen molar-refractivity contribution in [1.82, 2.24) is 5.32 Å². The highest BCUT2D eigenvalue weighted by molar-refractivity contribution is 14.1. The third-order valence-corrected chi connectivity index (χ3v) is 4.25. The van der Waals surface area contributed by atoms with Gasteiger partial charge in [0.2, 0.25) is 0 Å². The summed E-state index contributed by atoms with van der Waals surface area (Å²) < 4.78 is 1.29. The molecule has 0 aliphatic heterocycles. The van der Waals surface area contributed by atoms with Gasteiger partial charge in [-0.3, -0.25) is 0 Å². The van der Waals surface area contributed by atoms with E-state index in [0.717, 1.165) is 11.6 Å². The molecule has 96 valence electrons. The fourth-order valence-corrected chi connectivity index (χ4v) is 3.06. The van der Waals surface area contributed by atoms with E-state index in [1.54, 1.807) is 0 Å². The zero-order valence-electron chi connectivity index (χ0n) is 10.8. The number of hydrogen-bond donors (Lipinski definition) is 1.